The van der Waals surface area contributed by atoms with E-state index < -0.39 is 0 Å². The zero-order valence-electron chi connectivity index (χ0n) is 13.5. The largest absolute Gasteiger partial charge is 0.337 e. The second kappa shape index (κ2) is 7.51. The topological polar surface area (TPSA) is 36.4 Å². The van der Waals surface area contributed by atoms with Gasteiger partial charge in [0.1, 0.15) is 0 Å². The lowest BCUT2D eigenvalue weighted by Crippen LogP contribution is -2.39. The Morgan fingerprint density at radius 1 is 1.29 bits per heavy atom. The van der Waals surface area contributed by atoms with Gasteiger partial charge in [-0.3, -0.25) is 14.7 Å². The monoisotopic (exact) mass is 363 g/mol. The second-order valence-corrected chi connectivity index (χ2v) is 6.89. The maximum Gasteiger partial charge on any atom is 0.240 e. The van der Waals surface area contributed by atoms with Crippen LogP contribution in [-0.2, 0) is 17.9 Å². The first-order valence-corrected chi connectivity index (χ1v) is 8.63. The Hall–Kier alpha value is -1.62. The fourth-order valence-electron chi connectivity index (χ4n) is 3.00. The van der Waals surface area contributed by atoms with Crippen molar-refractivity contribution < 1.29 is 4.79 Å². The lowest BCUT2D eigenvalue weighted by atomic mass is 10.2. The molecule has 1 unspecified atom stereocenters. The SMILES string of the molecule is CN(Cc1ncc(Cl)cc1Cl)C1CCN(Cc2ccccc2)C1=O. The normalized spacial score (nSPS) is 17.8. The fraction of sp³-hybridized carbons (Fsp3) is 0.333. The lowest BCUT2D eigenvalue weighted by Gasteiger charge is -2.24. The van der Waals surface area contributed by atoms with Crippen molar-refractivity contribution in [1.82, 2.24) is 14.8 Å². The van der Waals surface area contributed by atoms with Crippen molar-refractivity contribution in [2.75, 3.05) is 13.6 Å². The van der Waals surface area contributed by atoms with Gasteiger partial charge in [0.05, 0.1) is 21.8 Å². The molecule has 1 saturated heterocycles. The maximum atomic E-state index is 12.7. The van der Waals surface area contributed by atoms with Gasteiger partial charge in [-0.15, -0.1) is 0 Å². The molecule has 0 radical (unpaired) electrons. The van der Waals surface area contributed by atoms with Crippen LogP contribution in [0.3, 0.4) is 0 Å². The average Bonchev–Trinajstić information content (AvgIpc) is 2.92. The number of nitrogens with zero attached hydrogens (tertiary/aromatic N) is 3. The molecule has 1 aliphatic rings. The molecule has 0 saturated carbocycles. The predicted molar refractivity (Wildman–Crippen MR) is 96.0 cm³/mol. The molecule has 1 aliphatic heterocycles. The third kappa shape index (κ3) is 3.89. The minimum absolute atomic E-state index is 0.137. The molecule has 126 valence electrons. The van der Waals surface area contributed by atoms with Gasteiger partial charge in [0, 0.05) is 25.8 Å². The Bertz CT molecular complexity index is 723. The molecule has 1 aromatic heterocycles. The van der Waals surface area contributed by atoms with Crippen LogP contribution in [0.15, 0.2) is 42.6 Å². The first-order valence-electron chi connectivity index (χ1n) is 7.87. The number of carbonyl (C=O) groups is 1. The van der Waals surface area contributed by atoms with Crippen LogP contribution in [-0.4, -0.2) is 40.3 Å². The molecule has 2 heterocycles. The van der Waals surface area contributed by atoms with E-state index in [0.717, 1.165) is 24.2 Å². The molecule has 2 aromatic rings. The molecule has 1 aromatic carbocycles. The van der Waals surface area contributed by atoms with Crippen LogP contribution in [0.25, 0.3) is 0 Å². The van der Waals surface area contributed by atoms with Crippen LogP contribution in [0.4, 0.5) is 0 Å². The van der Waals surface area contributed by atoms with Gasteiger partial charge in [-0.05, 0) is 25.1 Å². The third-order valence-electron chi connectivity index (χ3n) is 4.30. The molecule has 6 heteroatoms. The van der Waals surface area contributed by atoms with E-state index in [1.807, 2.05) is 47.2 Å². The van der Waals surface area contributed by atoms with Crippen molar-refractivity contribution in [2.45, 2.75) is 25.6 Å². The highest BCUT2D eigenvalue weighted by molar-refractivity contribution is 6.34. The summed E-state index contributed by atoms with van der Waals surface area (Å²) in [6.07, 6.45) is 2.39. The first kappa shape index (κ1) is 17.2. The molecule has 1 amide bonds. The molecule has 0 bridgehead atoms. The Morgan fingerprint density at radius 3 is 2.75 bits per heavy atom. The average molecular weight is 364 g/mol. The Labute approximate surface area is 152 Å². The van der Waals surface area contributed by atoms with Crippen LogP contribution < -0.4 is 0 Å². The Morgan fingerprint density at radius 2 is 2.04 bits per heavy atom. The number of amides is 1. The van der Waals surface area contributed by atoms with Crippen LogP contribution in [0, 0.1) is 0 Å². The minimum atomic E-state index is -0.137. The number of pyridine rings is 1. The summed E-state index contributed by atoms with van der Waals surface area (Å²) < 4.78 is 0. The molecule has 0 spiro atoms. The van der Waals surface area contributed by atoms with Gasteiger partial charge in [-0.2, -0.15) is 0 Å². The van der Waals surface area contributed by atoms with Crippen LogP contribution in [0.5, 0.6) is 0 Å². The number of aromatic nitrogens is 1. The molecule has 3 rings (SSSR count). The zero-order chi connectivity index (χ0) is 17.1. The summed E-state index contributed by atoms with van der Waals surface area (Å²) in [6.45, 7) is 1.94. The zero-order valence-corrected chi connectivity index (χ0v) is 15.0. The van der Waals surface area contributed by atoms with Gasteiger partial charge in [0.2, 0.25) is 5.91 Å². The molecule has 0 aliphatic carbocycles. The number of hydrogen-bond donors (Lipinski definition) is 0. The molecule has 1 fully saturated rings. The van der Waals surface area contributed by atoms with Crippen LogP contribution in [0.1, 0.15) is 17.7 Å². The van der Waals surface area contributed by atoms with E-state index in [2.05, 4.69) is 4.98 Å². The number of carbonyl (C=O) groups excluding carboxylic acids is 1. The highest BCUT2D eigenvalue weighted by Gasteiger charge is 2.34. The van der Waals surface area contributed by atoms with Crippen LogP contribution >= 0.6 is 23.2 Å². The fourth-order valence-corrected chi connectivity index (χ4v) is 3.44. The van der Waals surface area contributed by atoms with E-state index in [1.54, 1.807) is 12.3 Å². The molecular weight excluding hydrogens is 345 g/mol. The van der Waals surface area contributed by atoms with Crippen molar-refractivity contribution in [3.8, 4) is 0 Å². The van der Waals surface area contributed by atoms with Crippen molar-refractivity contribution in [3.63, 3.8) is 0 Å². The number of likely N-dealkylation sites (N-methyl/N-ethyl adjacent to an activating group) is 1. The van der Waals surface area contributed by atoms with Crippen molar-refractivity contribution in [3.05, 3.63) is 63.9 Å². The van der Waals surface area contributed by atoms with Gasteiger partial charge in [-0.1, -0.05) is 53.5 Å². The molecule has 1 atom stereocenters. The van der Waals surface area contributed by atoms with Gasteiger partial charge < -0.3 is 4.90 Å². The standard InChI is InChI=1S/C18H19Cl2N3O/c1-22(12-16-15(20)9-14(19)10-21-16)17-7-8-23(18(17)24)11-13-5-3-2-4-6-13/h2-6,9-10,17H,7-8,11-12H2,1H3. The third-order valence-corrected chi connectivity index (χ3v) is 4.83. The summed E-state index contributed by atoms with van der Waals surface area (Å²) in [4.78, 5) is 20.9. The molecule has 24 heavy (non-hydrogen) atoms. The van der Waals surface area contributed by atoms with E-state index in [0.29, 0.717) is 23.1 Å². The van der Waals surface area contributed by atoms with Gasteiger partial charge in [0.25, 0.3) is 0 Å². The number of benzene rings is 1. The highest BCUT2D eigenvalue weighted by Crippen LogP contribution is 2.23. The lowest BCUT2D eigenvalue weighted by molar-refractivity contribution is -0.132. The number of halogens is 2. The summed E-state index contributed by atoms with van der Waals surface area (Å²) in [6, 6.07) is 11.6. The molecule has 4 nitrogen and oxygen atoms in total. The molecular formula is C18H19Cl2N3O. The number of likely N-dealkylation sites (tertiary alicyclic amines) is 1. The quantitative estimate of drug-likeness (QED) is 0.813. The van der Waals surface area contributed by atoms with Crippen LogP contribution in [0.2, 0.25) is 10.0 Å². The summed E-state index contributed by atoms with van der Waals surface area (Å²) in [5.74, 6) is 0.159. The predicted octanol–water partition coefficient (Wildman–Crippen LogP) is 3.62. The van der Waals surface area contributed by atoms with E-state index in [4.69, 9.17) is 23.2 Å². The highest BCUT2D eigenvalue weighted by atomic mass is 35.5. The van der Waals surface area contributed by atoms with E-state index >= 15 is 0 Å². The Balaban J connectivity index is 1.64. The minimum Gasteiger partial charge on any atom is -0.337 e. The number of rotatable bonds is 5. The van der Waals surface area contributed by atoms with E-state index in [-0.39, 0.29) is 11.9 Å². The summed E-state index contributed by atoms with van der Waals surface area (Å²) >= 11 is 12.1. The second-order valence-electron chi connectivity index (χ2n) is 6.05. The molecule has 0 N–H and O–H groups in total. The van der Waals surface area contributed by atoms with Gasteiger partial charge in [-0.25, -0.2) is 0 Å². The van der Waals surface area contributed by atoms with Gasteiger partial charge >= 0.3 is 0 Å². The first-order chi connectivity index (χ1) is 11.5. The van der Waals surface area contributed by atoms with Gasteiger partial charge in [0.15, 0.2) is 0 Å². The summed E-state index contributed by atoms with van der Waals surface area (Å²) in [7, 11) is 1.93. The summed E-state index contributed by atoms with van der Waals surface area (Å²) in [5.41, 5.74) is 1.88. The van der Waals surface area contributed by atoms with Crippen molar-refractivity contribution in [2.24, 2.45) is 0 Å². The number of hydrogen-bond acceptors (Lipinski definition) is 3. The smallest absolute Gasteiger partial charge is 0.240 e. The van der Waals surface area contributed by atoms with Crippen molar-refractivity contribution in [1.29, 1.82) is 0 Å². The summed E-state index contributed by atoms with van der Waals surface area (Å²) in [5, 5.41) is 1.04. The van der Waals surface area contributed by atoms with Crippen molar-refractivity contribution >= 4 is 29.1 Å². The Kier molecular flexibility index (Phi) is 5.39. The van der Waals surface area contributed by atoms with E-state index in [9.17, 15) is 4.79 Å². The maximum absolute atomic E-state index is 12.7. The van der Waals surface area contributed by atoms with E-state index in [1.165, 1.54) is 0 Å².